The number of nitrogens with zero attached hydrogens (tertiary/aromatic N) is 4. The second-order valence-electron chi connectivity index (χ2n) is 9.60. The second-order valence-corrected chi connectivity index (χ2v) is 9.60. The lowest BCUT2D eigenvalue weighted by Crippen LogP contribution is -2.50. The first-order valence-corrected chi connectivity index (χ1v) is 11.8. The van der Waals surface area contributed by atoms with Gasteiger partial charge in [0.15, 0.2) is 0 Å². The zero-order chi connectivity index (χ0) is 20.2. The molecule has 0 aliphatic carbocycles. The maximum absolute atomic E-state index is 12.9. The highest BCUT2D eigenvalue weighted by Crippen LogP contribution is 2.27. The molecule has 5 nitrogen and oxygen atoms in total. The van der Waals surface area contributed by atoms with Gasteiger partial charge in [-0.3, -0.25) is 14.7 Å². The first-order chi connectivity index (χ1) is 14.1. The van der Waals surface area contributed by atoms with E-state index >= 15 is 0 Å². The summed E-state index contributed by atoms with van der Waals surface area (Å²) >= 11 is 0. The summed E-state index contributed by atoms with van der Waals surface area (Å²) in [7, 11) is 0. The van der Waals surface area contributed by atoms with E-state index in [-0.39, 0.29) is 5.92 Å². The predicted octanol–water partition coefficient (Wildman–Crippen LogP) is 3.32. The Morgan fingerprint density at radius 1 is 0.966 bits per heavy atom. The largest absolute Gasteiger partial charge is 0.342 e. The SMILES string of the molecule is Cc1cccc(CN2CCC(N3CCC(C(=O)N4CCC(C)CC4)CC3)CC2)n1. The Labute approximate surface area is 176 Å². The number of amides is 1. The molecular formula is C24H38N4O. The molecule has 0 atom stereocenters. The van der Waals surface area contributed by atoms with Crippen molar-refractivity contribution < 1.29 is 4.79 Å². The molecular weight excluding hydrogens is 360 g/mol. The topological polar surface area (TPSA) is 39.7 Å². The van der Waals surface area contributed by atoms with Gasteiger partial charge in [0.2, 0.25) is 5.91 Å². The fourth-order valence-corrected chi connectivity index (χ4v) is 5.36. The Morgan fingerprint density at radius 2 is 1.66 bits per heavy atom. The van der Waals surface area contributed by atoms with Gasteiger partial charge in [0.1, 0.15) is 0 Å². The van der Waals surface area contributed by atoms with E-state index in [2.05, 4.69) is 51.7 Å². The predicted molar refractivity (Wildman–Crippen MR) is 117 cm³/mol. The van der Waals surface area contributed by atoms with Crippen molar-refractivity contribution in [3.05, 3.63) is 29.6 Å². The first kappa shape index (κ1) is 20.8. The van der Waals surface area contributed by atoms with Gasteiger partial charge >= 0.3 is 0 Å². The quantitative estimate of drug-likeness (QED) is 0.780. The molecule has 0 spiro atoms. The fourth-order valence-electron chi connectivity index (χ4n) is 5.36. The molecule has 4 rings (SSSR count). The molecule has 0 aromatic carbocycles. The molecule has 0 saturated carbocycles. The van der Waals surface area contributed by atoms with Crippen LogP contribution < -0.4 is 0 Å². The number of carbonyl (C=O) groups excluding carboxylic acids is 1. The van der Waals surface area contributed by atoms with Crippen LogP contribution >= 0.6 is 0 Å². The molecule has 4 heterocycles. The first-order valence-electron chi connectivity index (χ1n) is 11.8. The van der Waals surface area contributed by atoms with Crippen molar-refractivity contribution in [2.45, 2.75) is 65.0 Å². The van der Waals surface area contributed by atoms with Crippen LogP contribution in [0.4, 0.5) is 0 Å². The van der Waals surface area contributed by atoms with Gasteiger partial charge in [-0.2, -0.15) is 0 Å². The van der Waals surface area contributed by atoms with Crippen molar-refractivity contribution >= 4 is 5.91 Å². The van der Waals surface area contributed by atoms with Gasteiger partial charge in [-0.15, -0.1) is 0 Å². The van der Waals surface area contributed by atoms with Gasteiger partial charge in [0.05, 0.1) is 5.69 Å². The normalized spacial score (nSPS) is 24.1. The standard InChI is InChI=1S/C24H38N4O/c1-19-6-14-28(15-7-19)24(29)21-8-16-27(17-9-21)23-10-12-26(13-11-23)18-22-5-3-4-20(2)25-22/h3-5,19,21,23H,6-18H2,1-2H3. The summed E-state index contributed by atoms with van der Waals surface area (Å²) in [5.41, 5.74) is 2.30. The van der Waals surface area contributed by atoms with Gasteiger partial charge in [0.25, 0.3) is 0 Å². The molecule has 0 N–H and O–H groups in total. The van der Waals surface area contributed by atoms with Gasteiger partial charge in [-0.05, 0) is 76.6 Å². The number of likely N-dealkylation sites (tertiary alicyclic amines) is 3. The van der Waals surface area contributed by atoms with Crippen molar-refractivity contribution in [1.29, 1.82) is 0 Å². The zero-order valence-corrected chi connectivity index (χ0v) is 18.4. The van der Waals surface area contributed by atoms with Gasteiger partial charge in [-0.1, -0.05) is 13.0 Å². The maximum atomic E-state index is 12.9. The number of aromatic nitrogens is 1. The van der Waals surface area contributed by atoms with Crippen molar-refractivity contribution in [3.8, 4) is 0 Å². The van der Waals surface area contributed by atoms with E-state index in [9.17, 15) is 4.79 Å². The summed E-state index contributed by atoms with van der Waals surface area (Å²) in [6, 6.07) is 7.02. The molecule has 0 bridgehead atoms. The minimum Gasteiger partial charge on any atom is -0.342 e. The highest BCUT2D eigenvalue weighted by Gasteiger charge is 2.33. The molecule has 3 fully saturated rings. The van der Waals surface area contributed by atoms with Crippen LogP contribution in [-0.2, 0) is 11.3 Å². The lowest BCUT2D eigenvalue weighted by molar-refractivity contribution is -0.138. The minimum atomic E-state index is 0.270. The smallest absolute Gasteiger partial charge is 0.225 e. The number of carbonyl (C=O) groups is 1. The lowest BCUT2D eigenvalue weighted by atomic mass is 9.91. The van der Waals surface area contributed by atoms with Crippen LogP contribution in [0.3, 0.4) is 0 Å². The number of hydrogen-bond donors (Lipinski definition) is 0. The second kappa shape index (κ2) is 9.57. The van der Waals surface area contributed by atoms with Crippen molar-refractivity contribution in [3.63, 3.8) is 0 Å². The van der Waals surface area contributed by atoms with Crippen LogP contribution in [0.25, 0.3) is 0 Å². The molecule has 0 unspecified atom stereocenters. The van der Waals surface area contributed by atoms with E-state index in [1.807, 2.05) is 0 Å². The fraction of sp³-hybridized carbons (Fsp3) is 0.750. The third kappa shape index (κ3) is 5.37. The lowest BCUT2D eigenvalue weighted by Gasteiger charge is -2.42. The third-order valence-electron chi connectivity index (χ3n) is 7.38. The molecule has 29 heavy (non-hydrogen) atoms. The maximum Gasteiger partial charge on any atom is 0.225 e. The Morgan fingerprint density at radius 3 is 2.31 bits per heavy atom. The summed E-state index contributed by atoms with van der Waals surface area (Å²) in [6.07, 6.45) is 6.96. The average Bonchev–Trinajstić information content (AvgIpc) is 2.75. The summed E-state index contributed by atoms with van der Waals surface area (Å²) in [6.45, 7) is 11.8. The number of hydrogen-bond acceptors (Lipinski definition) is 4. The molecule has 1 amide bonds. The van der Waals surface area contributed by atoms with E-state index in [4.69, 9.17) is 0 Å². The van der Waals surface area contributed by atoms with Gasteiger partial charge in [-0.25, -0.2) is 0 Å². The Kier molecular flexibility index (Phi) is 6.86. The molecule has 1 aromatic rings. The van der Waals surface area contributed by atoms with Gasteiger partial charge < -0.3 is 9.80 Å². The van der Waals surface area contributed by atoms with E-state index in [1.54, 1.807) is 0 Å². The van der Waals surface area contributed by atoms with Crippen molar-refractivity contribution in [1.82, 2.24) is 19.7 Å². The number of pyridine rings is 1. The number of rotatable bonds is 4. The summed E-state index contributed by atoms with van der Waals surface area (Å²) in [5, 5.41) is 0. The van der Waals surface area contributed by atoms with Crippen LogP contribution in [0.1, 0.15) is 56.8 Å². The average molecular weight is 399 g/mol. The Balaban J connectivity index is 1.19. The minimum absolute atomic E-state index is 0.270. The zero-order valence-electron chi connectivity index (χ0n) is 18.4. The third-order valence-corrected chi connectivity index (χ3v) is 7.38. The highest BCUT2D eigenvalue weighted by molar-refractivity contribution is 5.79. The summed E-state index contributed by atoms with van der Waals surface area (Å²) in [4.78, 5) is 24.9. The van der Waals surface area contributed by atoms with Crippen molar-refractivity contribution in [2.75, 3.05) is 39.3 Å². The molecule has 0 radical (unpaired) electrons. The summed E-state index contributed by atoms with van der Waals surface area (Å²) < 4.78 is 0. The monoisotopic (exact) mass is 398 g/mol. The number of aryl methyl sites for hydroxylation is 1. The molecule has 3 aliphatic heterocycles. The molecule has 5 heteroatoms. The van der Waals surface area contributed by atoms with E-state index in [0.717, 1.165) is 70.3 Å². The van der Waals surface area contributed by atoms with Crippen LogP contribution in [0.2, 0.25) is 0 Å². The van der Waals surface area contributed by atoms with Crippen LogP contribution in [0.5, 0.6) is 0 Å². The molecule has 160 valence electrons. The van der Waals surface area contributed by atoms with Crippen molar-refractivity contribution in [2.24, 2.45) is 11.8 Å². The molecule has 3 saturated heterocycles. The van der Waals surface area contributed by atoms with E-state index < -0.39 is 0 Å². The van der Waals surface area contributed by atoms with Crippen LogP contribution in [0, 0.1) is 18.8 Å². The Bertz CT molecular complexity index is 669. The van der Waals surface area contributed by atoms with Gasteiger partial charge in [0, 0.05) is 50.4 Å². The summed E-state index contributed by atoms with van der Waals surface area (Å²) in [5.74, 6) is 1.50. The van der Waals surface area contributed by atoms with Crippen LogP contribution in [0.15, 0.2) is 18.2 Å². The Hall–Kier alpha value is -1.46. The molecule has 3 aliphatic rings. The van der Waals surface area contributed by atoms with E-state index in [1.165, 1.54) is 31.4 Å². The highest BCUT2D eigenvalue weighted by atomic mass is 16.2. The molecule has 1 aromatic heterocycles. The van der Waals surface area contributed by atoms with E-state index in [0.29, 0.717) is 11.9 Å². The van der Waals surface area contributed by atoms with Crippen LogP contribution in [-0.4, -0.2) is 70.9 Å². The number of piperidine rings is 3.